The molecule has 1 saturated carbocycles. The van der Waals surface area contributed by atoms with Crippen LogP contribution < -0.4 is 5.32 Å². The smallest absolute Gasteiger partial charge is 0.280 e. The van der Waals surface area contributed by atoms with Crippen molar-refractivity contribution in [3.8, 4) is 0 Å². The second-order valence-corrected chi connectivity index (χ2v) is 11.9. The fourth-order valence-electron chi connectivity index (χ4n) is 3.96. The zero-order valence-corrected chi connectivity index (χ0v) is 21.4. The number of likely N-dealkylation sites (N-methyl/N-ethyl adjacent to an activating group) is 1. The highest BCUT2D eigenvalue weighted by molar-refractivity contribution is 7.90. The number of nitrogens with zero attached hydrogens (tertiary/aromatic N) is 4. The van der Waals surface area contributed by atoms with Gasteiger partial charge in [0, 0.05) is 38.0 Å². The van der Waals surface area contributed by atoms with Crippen LogP contribution in [0.25, 0.3) is 0 Å². The van der Waals surface area contributed by atoms with Crippen LogP contribution in [0.5, 0.6) is 0 Å². The number of nitrogens with one attached hydrogen (secondary N) is 1. The van der Waals surface area contributed by atoms with Crippen LogP contribution in [-0.2, 0) is 19.5 Å². The topological polar surface area (TPSA) is 121 Å². The van der Waals surface area contributed by atoms with E-state index in [0.717, 1.165) is 56.4 Å². The number of amides is 2. The van der Waals surface area contributed by atoms with E-state index >= 15 is 0 Å². The zero-order chi connectivity index (χ0) is 25.0. The number of carbonyl (C=O) groups excluding carboxylic acids is 2. The minimum atomic E-state index is -3.38. The van der Waals surface area contributed by atoms with Crippen LogP contribution in [0.4, 0.5) is 5.13 Å². The van der Waals surface area contributed by atoms with Gasteiger partial charge in [-0.25, -0.2) is 13.4 Å². The molecule has 0 radical (unpaired) electrons. The Morgan fingerprint density at radius 2 is 1.77 bits per heavy atom. The number of hydrogen-bond acceptors (Lipinski definition) is 9. The lowest BCUT2D eigenvalue weighted by atomic mass is 10.1. The highest BCUT2D eigenvalue weighted by atomic mass is 32.2. The fraction of sp³-hybridized carbons (Fsp3) is 0.478. The molecule has 188 valence electrons. The first-order valence-electron chi connectivity index (χ1n) is 11.5. The Labute approximate surface area is 208 Å². The first kappa shape index (κ1) is 25.3. The molecule has 2 amide bonds. The Hall–Kier alpha value is -2.83. The van der Waals surface area contributed by atoms with Crippen LogP contribution in [0.2, 0.25) is 0 Å². The molecular weight excluding hydrogens is 490 g/mol. The number of piperazine rings is 1. The average molecular weight is 520 g/mol. The molecule has 4 rings (SSSR count). The summed E-state index contributed by atoms with van der Waals surface area (Å²) in [6.07, 6.45) is 6.37. The SMILES string of the molecule is CN1CCN(C(=O)c2cnc(NC(=O)C(=NOC3CCCC3)c3ccc(S(C)(=O)=O)cc3)s2)CC1. The number of oxime groups is 1. The third kappa shape index (κ3) is 6.44. The standard InChI is InChI=1S/C23H29N5O5S2/c1-27-11-13-28(14-12-27)22(30)19-15-24-23(34-19)25-21(29)20(26-33-17-5-3-4-6-17)16-7-9-18(10-8-16)35(2,31)32/h7-10,15,17H,3-6,11-14H2,1-2H3,(H,24,25,29). The summed E-state index contributed by atoms with van der Waals surface area (Å²) in [7, 11) is -1.36. The number of carbonyl (C=O) groups is 2. The van der Waals surface area contributed by atoms with Crippen molar-refractivity contribution in [1.29, 1.82) is 0 Å². The summed E-state index contributed by atoms with van der Waals surface area (Å²) >= 11 is 1.10. The summed E-state index contributed by atoms with van der Waals surface area (Å²) in [5.74, 6) is -0.658. The van der Waals surface area contributed by atoms with E-state index in [1.54, 1.807) is 4.90 Å². The maximum absolute atomic E-state index is 13.1. The number of benzene rings is 1. The number of thiazole rings is 1. The molecule has 0 spiro atoms. The molecule has 1 saturated heterocycles. The predicted molar refractivity (Wildman–Crippen MR) is 134 cm³/mol. The van der Waals surface area contributed by atoms with Crippen LogP contribution in [0, 0.1) is 0 Å². The van der Waals surface area contributed by atoms with Gasteiger partial charge in [-0.3, -0.25) is 14.9 Å². The Balaban J connectivity index is 1.50. The van der Waals surface area contributed by atoms with Crippen molar-refractivity contribution in [2.75, 3.05) is 44.8 Å². The van der Waals surface area contributed by atoms with E-state index in [9.17, 15) is 18.0 Å². The third-order valence-corrected chi connectivity index (χ3v) is 8.12. The maximum atomic E-state index is 13.1. The van der Waals surface area contributed by atoms with Gasteiger partial charge in [-0.2, -0.15) is 0 Å². The van der Waals surface area contributed by atoms with Gasteiger partial charge in [0.2, 0.25) is 0 Å². The van der Waals surface area contributed by atoms with E-state index in [4.69, 9.17) is 4.84 Å². The predicted octanol–water partition coefficient (Wildman–Crippen LogP) is 2.24. The second kappa shape index (κ2) is 10.8. The third-order valence-electron chi connectivity index (χ3n) is 6.09. The van der Waals surface area contributed by atoms with Gasteiger partial charge in [-0.05, 0) is 44.9 Å². The van der Waals surface area contributed by atoms with Crippen molar-refractivity contribution in [3.63, 3.8) is 0 Å². The lowest BCUT2D eigenvalue weighted by Gasteiger charge is -2.31. The second-order valence-electron chi connectivity index (χ2n) is 8.83. The molecule has 1 aliphatic carbocycles. The zero-order valence-electron chi connectivity index (χ0n) is 19.8. The molecule has 1 aromatic carbocycles. The van der Waals surface area contributed by atoms with E-state index < -0.39 is 15.7 Å². The van der Waals surface area contributed by atoms with E-state index in [1.165, 1.54) is 30.5 Å². The summed E-state index contributed by atoms with van der Waals surface area (Å²) in [4.78, 5) is 40.3. The van der Waals surface area contributed by atoms with Gasteiger partial charge in [-0.15, -0.1) is 0 Å². The Morgan fingerprint density at radius 3 is 2.40 bits per heavy atom. The van der Waals surface area contributed by atoms with Crippen LogP contribution >= 0.6 is 11.3 Å². The molecule has 2 heterocycles. The van der Waals surface area contributed by atoms with Crippen molar-refractivity contribution >= 4 is 43.8 Å². The van der Waals surface area contributed by atoms with Crippen LogP contribution in [0.3, 0.4) is 0 Å². The summed E-state index contributed by atoms with van der Waals surface area (Å²) in [6, 6.07) is 5.91. The monoisotopic (exact) mass is 519 g/mol. The molecule has 35 heavy (non-hydrogen) atoms. The Morgan fingerprint density at radius 1 is 1.11 bits per heavy atom. The quantitative estimate of drug-likeness (QED) is 0.440. The van der Waals surface area contributed by atoms with Crippen molar-refractivity contribution < 1.29 is 22.8 Å². The molecule has 2 fully saturated rings. The molecule has 0 bridgehead atoms. The number of sulfone groups is 1. The highest BCUT2D eigenvalue weighted by Gasteiger charge is 2.24. The van der Waals surface area contributed by atoms with Gasteiger partial charge >= 0.3 is 0 Å². The first-order chi connectivity index (χ1) is 16.7. The average Bonchev–Trinajstić information content (AvgIpc) is 3.51. The van der Waals surface area contributed by atoms with Gasteiger partial charge in [0.1, 0.15) is 11.0 Å². The van der Waals surface area contributed by atoms with Crippen LogP contribution in [0.1, 0.15) is 40.9 Å². The molecule has 12 heteroatoms. The van der Waals surface area contributed by atoms with Gasteiger partial charge in [0.05, 0.1) is 11.1 Å². The van der Waals surface area contributed by atoms with Crippen molar-refractivity contribution in [2.45, 2.75) is 36.7 Å². The van der Waals surface area contributed by atoms with Gasteiger partial charge in [-0.1, -0.05) is 28.6 Å². The summed E-state index contributed by atoms with van der Waals surface area (Å²) in [5.41, 5.74) is 0.428. The minimum absolute atomic E-state index is 0.0131. The van der Waals surface area contributed by atoms with Gasteiger partial charge in [0.25, 0.3) is 11.8 Å². The van der Waals surface area contributed by atoms with Crippen molar-refractivity contribution in [3.05, 3.63) is 40.9 Å². The largest absolute Gasteiger partial charge is 0.392 e. The number of anilines is 1. The van der Waals surface area contributed by atoms with E-state index in [1.807, 2.05) is 7.05 Å². The normalized spacial score (nSPS) is 18.0. The van der Waals surface area contributed by atoms with E-state index in [0.29, 0.717) is 23.5 Å². The Bertz CT molecular complexity index is 1200. The van der Waals surface area contributed by atoms with Crippen molar-refractivity contribution in [1.82, 2.24) is 14.8 Å². The molecule has 2 aromatic rings. The minimum Gasteiger partial charge on any atom is -0.392 e. The first-order valence-corrected chi connectivity index (χ1v) is 14.2. The number of hydrogen-bond donors (Lipinski definition) is 1. The molecule has 1 aromatic heterocycles. The number of rotatable bonds is 7. The van der Waals surface area contributed by atoms with Crippen LogP contribution in [-0.4, -0.2) is 86.3 Å². The lowest BCUT2D eigenvalue weighted by molar-refractivity contribution is -0.110. The number of aromatic nitrogens is 1. The molecule has 2 aliphatic rings. The van der Waals surface area contributed by atoms with Crippen LogP contribution in [0.15, 0.2) is 40.5 Å². The Kier molecular flexibility index (Phi) is 7.82. The van der Waals surface area contributed by atoms with E-state index in [2.05, 4.69) is 20.4 Å². The molecule has 1 aliphatic heterocycles. The lowest BCUT2D eigenvalue weighted by Crippen LogP contribution is -2.46. The molecule has 10 nitrogen and oxygen atoms in total. The van der Waals surface area contributed by atoms with Crippen molar-refractivity contribution in [2.24, 2.45) is 5.16 Å². The fourth-order valence-corrected chi connectivity index (χ4v) is 5.37. The molecular formula is C23H29N5O5S2. The molecule has 0 unspecified atom stereocenters. The molecule has 1 N–H and O–H groups in total. The maximum Gasteiger partial charge on any atom is 0.280 e. The van der Waals surface area contributed by atoms with Gasteiger partial charge < -0.3 is 14.6 Å². The summed E-state index contributed by atoms with van der Waals surface area (Å²) < 4.78 is 23.6. The summed E-state index contributed by atoms with van der Waals surface area (Å²) in [5, 5.41) is 7.12. The molecule has 0 atom stereocenters. The summed E-state index contributed by atoms with van der Waals surface area (Å²) in [6.45, 7) is 2.92. The highest BCUT2D eigenvalue weighted by Crippen LogP contribution is 2.23. The van der Waals surface area contributed by atoms with E-state index in [-0.39, 0.29) is 27.7 Å². The van der Waals surface area contributed by atoms with Gasteiger partial charge in [0.15, 0.2) is 20.7 Å².